The zero-order chi connectivity index (χ0) is 22.0. The van der Waals surface area contributed by atoms with Crippen LogP contribution in [0.5, 0.6) is 0 Å². The molecule has 31 heavy (non-hydrogen) atoms. The van der Waals surface area contributed by atoms with E-state index in [2.05, 4.69) is 20.0 Å². The molecule has 1 unspecified atom stereocenters. The van der Waals surface area contributed by atoms with Crippen molar-refractivity contribution in [3.8, 4) is 11.1 Å². The van der Waals surface area contributed by atoms with Crippen molar-refractivity contribution in [3.05, 3.63) is 72.9 Å². The summed E-state index contributed by atoms with van der Waals surface area (Å²) in [4.78, 5) is 8.81. The fourth-order valence-electron chi connectivity index (χ4n) is 2.98. The first-order chi connectivity index (χ1) is 14.8. The third-order valence-corrected chi connectivity index (χ3v) is 5.75. The lowest BCUT2D eigenvalue weighted by Crippen LogP contribution is -2.11. The average Bonchev–Trinajstić information content (AvgIpc) is 2.73. The molecule has 158 valence electrons. The Morgan fingerprint density at radius 3 is 2.39 bits per heavy atom. The molecular weight excluding hydrogens is 438 g/mol. The third-order valence-electron chi connectivity index (χ3n) is 4.42. The Balaban J connectivity index is 1.62. The van der Waals surface area contributed by atoms with E-state index in [9.17, 15) is 17.2 Å². The minimum atomic E-state index is -3.76. The number of hydrogen-bond acceptors (Lipinski definition) is 7. The van der Waals surface area contributed by atoms with Gasteiger partial charge in [0.25, 0.3) is 0 Å². The number of nitrogens with two attached hydrogens (primary N) is 1. The minimum Gasteiger partial charge on any atom is -0.755 e. The molecule has 0 aliphatic heterocycles. The molecule has 0 fully saturated rings. The number of benzene rings is 3. The normalized spacial score (nSPS) is 12.5. The fraction of sp³-hybridized carbons (Fsp3) is 0. The lowest BCUT2D eigenvalue weighted by atomic mass is 10.0. The first-order valence-corrected chi connectivity index (χ1v) is 11.5. The van der Waals surface area contributed by atoms with E-state index in [0.29, 0.717) is 22.8 Å². The second-order valence-corrected chi connectivity index (χ2v) is 8.81. The largest absolute Gasteiger partial charge is 0.755 e. The second-order valence-electron chi connectivity index (χ2n) is 6.58. The highest BCUT2D eigenvalue weighted by atomic mass is 32.2. The van der Waals surface area contributed by atoms with Crippen LogP contribution < -0.4 is 15.2 Å². The van der Waals surface area contributed by atoms with Gasteiger partial charge < -0.3 is 14.6 Å². The lowest BCUT2D eigenvalue weighted by Gasteiger charge is -2.11. The summed E-state index contributed by atoms with van der Waals surface area (Å²) in [6.07, 6.45) is 1.67. The number of primary sulfonamides is 1. The van der Waals surface area contributed by atoms with Gasteiger partial charge in [0.15, 0.2) is 0 Å². The van der Waals surface area contributed by atoms with E-state index < -0.39 is 21.3 Å². The van der Waals surface area contributed by atoms with E-state index >= 15 is 0 Å². The van der Waals surface area contributed by atoms with Crippen LogP contribution in [0, 0.1) is 0 Å². The van der Waals surface area contributed by atoms with E-state index in [-0.39, 0.29) is 4.90 Å². The van der Waals surface area contributed by atoms with Crippen molar-refractivity contribution in [2.24, 2.45) is 5.14 Å². The summed E-state index contributed by atoms with van der Waals surface area (Å²) in [5, 5.41) is 8.97. The molecule has 1 atom stereocenters. The van der Waals surface area contributed by atoms with Gasteiger partial charge in [-0.05, 0) is 53.6 Å². The predicted molar refractivity (Wildman–Crippen MR) is 119 cm³/mol. The fourth-order valence-corrected chi connectivity index (χ4v) is 3.81. The third kappa shape index (κ3) is 5.03. The van der Waals surface area contributed by atoms with Crippen molar-refractivity contribution in [1.29, 1.82) is 0 Å². The Bertz CT molecular complexity index is 1390. The standard InChI is InChI=1S/C20H17N5O4S2/c21-31(28,29)18-8-6-16(7-9-18)23-20-22-12-15-5-4-14(11-19(15)24-20)13-2-1-3-17(10-13)25-30(26)27/h1-12,25H,(H,26,27)(H2,21,28,29)(H,22,23,24)/p-1. The van der Waals surface area contributed by atoms with E-state index in [1.165, 1.54) is 12.1 Å². The molecule has 9 nitrogen and oxygen atoms in total. The molecule has 0 amide bonds. The van der Waals surface area contributed by atoms with E-state index in [1.807, 2.05) is 24.3 Å². The summed E-state index contributed by atoms with van der Waals surface area (Å²) in [6.45, 7) is 0. The zero-order valence-corrected chi connectivity index (χ0v) is 17.5. The Labute approximate surface area is 180 Å². The molecule has 0 aliphatic rings. The monoisotopic (exact) mass is 454 g/mol. The highest BCUT2D eigenvalue weighted by molar-refractivity contribution is 7.89. The van der Waals surface area contributed by atoms with Crippen LogP contribution in [0.1, 0.15) is 0 Å². The zero-order valence-electron chi connectivity index (χ0n) is 15.8. The number of hydrogen-bond donors (Lipinski definition) is 3. The number of anilines is 3. The van der Waals surface area contributed by atoms with Gasteiger partial charge in [-0.15, -0.1) is 0 Å². The van der Waals surface area contributed by atoms with Gasteiger partial charge >= 0.3 is 0 Å². The molecule has 4 N–H and O–H groups in total. The maximum atomic E-state index is 11.4. The maximum Gasteiger partial charge on any atom is 0.238 e. The van der Waals surface area contributed by atoms with Crippen LogP contribution in [-0.2, 0) is 21.3 Å². The summed E-state index contributed by atoms with van der Waals surface area (Å²) >= 11 is -2.40. The van der Waals surface area contributed by atoms with Gasteiger partial charge in [0.2, 0.25) is 16.0 Å². The molecule has 0 saturated heterocycles. The van der Waals surface area contributed by atoms with Crippen molar-refractivity contribution >= 4 is 49.5 Å². The van der Waals surface area contributed by atoms with Crippen molar-refractivity contribution in [1.82, 2.24) is 9.97 Å². The van der Waals surface area contributed by atoms with Gasteiger partial charge in [-0.1, -0.05) is 24.3 Å². The summed E-state index contributed by atoms with van der Waals surface area (Å²) in [6, 6.07) is 18.6. The average molecular weight is 455 g/mol. The highest BCUT2D eigenvalue weighted by Gasteiger charge is 2.08. The van der Waals surface area contributed by atoms with Crippen LogP contribution in [0.25, 0.3) is 22.0 Å². The summed E-state index contributed by atoms with van der Waals surface area (Å²) in [5.74, 6) is 0.338. The SMILES string of the molecule is NS(=O)(=O)c1ccc(Nc2ncc3ccc(-c4cccc(NS(=O)[O-])c4)cc3n2)cc1. The predicted octanol–water partition coefficient (Wildman–Crippen LogP) is 2.89. The molecule has 0 radical (unpaired) electrons. The molecule has 0 aliphatic carbocycles. The molecule has 4 rings (SSSR count). The van der Waals surface area contributed by atoms with E-state index in [1.54, 1.807) is 36.5 Å². The Morgan fingerprint density at radius 1 is 0.935 bits per heavy atom. The van der Waals surface area contributed by atoms with Crippen LogP contribution in [0.15, 0.2) is 77.8 Å². The van der Waals surface area contributed by atoms with Gasteiger partial charge in [-0.3, -0.25) is 4.21 Å². The molecule has 0 bridgehead atoms. The van der Waals surface area contributed by atoms with Gasteiger partial charge in [0.05, 0.1) is 10.4 Å². The summed E-state index contributed by atoms with van der Waals surface area (Å²) < 4.78 is 46.8. The number of sulfonamides is 1. The van der Waals surface area contributed by atoms with Crippen LogP contribution >= 0.6 is 0 Å². The Hall–Kier alpha value is -3.38. The topological polar surface area (TPSA) is 150 Å². The number of fused-ring (bicyclic) bond motifs is 1. The summed E-state index contributed by atoms with van der Waals surface area (Å²) in [5.41, 5.74) is 3.42. The molecule has 0 spiro atoms. The number of aromatic nitrogens is 2. The molecule has 1 aromatic heterocycles. The van der Waals surface area contributed by atoms with Gasteiger partial charge in [-0.25, -0.2) is 23.5 Å². The first kappa shape index (κ1) is 20.9. The molecule has 1 heterocycles. The van der Waals surface area contributed by atoms with Crippen LogP contribution in [0.2, 0.25) is 0 Å². The Kier molecular flexibility index (Phi) is 5.65. The summed E-state index contributed by atoms with van der Waals surface area (Å²) in [7, 11) is -3.76. The number of rotatable bonds is 6. The minimum absolute atomic E-state index is 0.0136. The van der Waals surface area contributed by atoms with Gasteiger partial charge in [0.1, 0.15) is 0 Å². The molecule has 11 heteroatoms. The number of nitrogens with zero attached hydrogens (tertiary/aromatic N) is 2. The van der Waals surface area contributed by atoms with Gasteiger partial charge in [-0.2, -0.15) is 0 Å². The Morgan fingerprint density at radius 2 is 1.68 bits per heavy atom. The van der Waals surface area contributed by atoms with E-state index in [0.717, 1.165) is 16.5 Å². The van der Waals surface area contributed by atoms with Crippen LogP contribution in [-0.4, -0.2) is 27.1 Å². The molecule has 4 aromatic rings. The van der Waals surface area contributed by atoms with Crippen LogP contribution in [0.3, 0.4) is 0 Å². The second kappa shape index (κ2) is 8.40. The lowest BCUT2D eigenvalue weighted by molar-refractivity contribution is 0.542. The van der Waals surface area contributed by atoms with Crippen molar-refractivity contribution < 1.29 is 17.2 Å². The maximum absolute atomic E-state index is 11.4. The smallest absolute Gasteiger partial charge is 0.238 e. The van der Waals surface area contributed by atoms with Crippen molar-refractivity contribution in [2.45, 2.75) is 4.90 Å². The highest BCUT2D eigenvalue weighted by Crippen LogP contribution is 2.26. The van der Waals surface area contributed by atoms with Crippen molar-refractivity contribution in [3.63, 3.8) is 0 Å². The molecular formula is C20H16N5O4S2-. The van der Waals surface area contributed by atoms with Crippen LogP contribution in [0.4, 0.5) is 17.3 Å². The quantitative estimate of drug-likeness (QED) is 0.379. The van der Waals surface area contributed by atoms with Crippen molar-refractivity contribution in [2.75, 3.05) is 10.0 Å². The van der Waals surface area contributed by atoms with Gasteiger partial charge in [0, 0.05) is 34.2 Å². The molecule has 0 saturated carbocycles. The first-order valence-electron chi connectivity index (χ1n) is 8.91. The molecule has 3 aromatic carbocycles. The van der Waals surface area contributed by atoms with E-state index in [4.69, 9.17) is 5.14 Å². The number of nitrogens with one attached hydrogen (secondary N) is 2.